The number of pyridine rings is 1. The number of methoxy groups -OCH3 is 1. The van der Waals surface area contributed by atoms with Crippen LogP contribution in [0.2, 0.25) is 0 Å². The van der Waals surface area contributed by atoms with E-state index in [0.717, 1.165) is 6.07 Å². The van der Waals surface area contributed by atoms with Crippen LogP contribution in [0.3, 0.4) is 0 Å². The molecule has 0 aliphatic carbocycles. The van der Waals surface area contributed by atoms with Gasteiger partial charge >= 0.3 is 6.09 Å². The number of nitrogens with one attached hydrogen (secondary N) is 1. The second-order valence-electron chi connectivity index (χ2n) is 5.73. The molecule has 1 N–H and O–H groups in total. The van der Waals surface area contributed by atoms with Gasteiger partial charge in [0.2, 0.25) is 5.88 Å². The third-order valence-electron chi connectivity index (χ3n) is 4.04. The molecular formula is C18H18FN3O4. The summed E-state index contributed by atoms with van der Waals surface area (Å²) in [7, 11) is 1.48. The molecule has 1 atom stereocenters. The molecule has 1 fully saturated rings. The van der Waals surface area contributed by atoms with E-state index >= 15 is 0 Å². The number of ether oxygens (including phenoxy) is 2. The Labute approximate surface area is 149 Å². The standard InChI is InChI=1S/C18H18FN3O4/c1-3-13-10-22(18(24)26-13)12-5-6-14(15(19)8-12)17(23)21-11-4-7-16(25-2)20-9-11/h4-9,13H,3,10H2,1-2H3,(H,21,23)/t13-/m0/s1. The number of carbonyl (C=O) groups excluding carboxylic acids is 2. The van der Waals surface area contributed by atoms with Crippen molar-refractivity contribution in [2.75, 3.05) is 23.9 Å². The van der Waals surface area contributed by atoms with E-state index in [-0.39, 0.29) is 11.7 Å². The van der Waals surface area contributed by atoms with Crippen LogP contribution in [0.1, 0.15) is 23.7 Å². The van der Waals surface area contributed by atoms with Gasteiger partial charge in [-0.25, -0.2) is 14.2 Å². The van der Waals surface area contributed by atoms with Crippen LogP contribution in [0.5, 0.6) is 5.88 Å². The van der Waals surface area contributed by atoms with E-state index < -0.39 is 17.8 Å². The predicted octanol–water partition coefficient (Wildman–Crippen LogP) is 3.22. The first-order chi connectivity index (χ1) is 12.5. The van der Waals surface area contributed by atoms with E-state index in [4.69, 9.17) is 9.47 Å². The number of aromatic nitrogens is 1. The first-order valence-electron chi connectivity index (χ1n) is 8.11. The predicted molar refractivity (Wildman–Crippen MR) is 93.0 cm³/mol. The minimum atomic E-state index is -0.728. The highest BCUT2D eigenvalue weighted by Gasteiger charge is 2.31. The van der Waals surface area contributed by atoms with Crippen LogP contribution in [0.15, 0.2) is 36.5 Å². The van der Waals surface area contributed by atoms with Crippen molar-refractivity contribution < 1.29 is 23.5 Å². The Morgan fingerprint density at radius 1 is 1.42 bits per heavy atom. The molecule has 26 heavy (non-hydrogen) atoms. The Hall–Kier alpha value is -3.16. The molecule has 1 aliphatic heterocycles. The largest absolute Gasteiger partial charge is 0.481 e. The third kappa shape index (κ3) is 3.58. The van der Waals surface area contributed by atoms with Gasteiger partial charge in [-0.2, -0.15) is 0 Å². The van der Waals surface area contributed by atoms with Gasteiger partial charge in [-0.3, -0.25) is 9.69 Å². The van der Waals surface area contributed by atoms with Crippen molar-refractivity contribution in [3.8, 4) is 5.88 Å². The molecule has 1 saturated heterocycles. The van der Waals surface area contributed by atoms with E-state index in [0.29, 0.717) is 30.2 Å². The second kappa shape index (κ2) is 7.38. The summed E-state index contributed by atoms with van der Waals surface area (Å²) in [6, 6.07) is 7.19. The fourth-order valence-electron chi connectivity index (χ4n) is 2.57. The van der Waals surface area contributed by atoms with Crippen LogP contribution in [-0.2, 0) is 4.74 Å². The number of nitrogens with zero attached hydrogens (tertiary/aromatic N) is 2. The molecule has 2 amide bonds. The van der Waals surface area contributed by atoms with Gasteiger partial charge in [0.1, 0.15) is 11.9 Å². The van der Waals surface area contributed by atoms with Gasteiger partial charge in [-0.15, -0.1) is 0 Å². The van der Waals surface area contributed by atoms with Crippen LogP contribution >= 0.6 is 0 Å². The number of anilines is 2. The highest BCUT2D eigenvalue weighted by atomic mass is 19.1. The molecule has 2 heterocycles. The molecule has 0 radical (unpaired) electrons. The lowest BCUT2D eigenvalue weighted by molar-refractivity contribution is 0.102. The molecule has 0 unspecified atom stereocenters. The van der Waals surface area contributed by atoms with Crippen molar-refractivity contribution in [2.45, 2.75) is 19.4 Å². The van der Waals surface area contributed by atoms with Gasteiger partial charge in [0.15, 0.2) is 0 Å². The summed E-state index contributed by atoms with van der Waals surface area (Å²) in [5.74, 6) is -0.938. The van der Waals surface area contributed by atoms with Crippen molar-refractivity contribution in [1.82, 2.24) is 4.98 Å². The van der Waals surface area contributed by atoms with Crippen molar-refractivity contribution >= 4 is 23.4 Å². The van der Waals surface area contributed by atoms with Crippen LogP contribution < -0.4 is 15.0 Å². The van der Waals surface area contributed by atoms with Gasteiger partial charge < -0.3 is 14.8 Å². The van der Waals surface area contributed by atoms with Gasteiger partial charge in [0.25, 0.3) is 5.91 Å². The molecule has 1 aromatic heterocycles. The van der Waals surface area contributed by atoms with Gasteiger partial charge in [-0.05, 0) is 30.7 Å². The van der Waals surface area contributed by atoms with Crippen molar-refractivity contribution in [2.24, 2.45) is 0 Å². The number of rotatable bonds is 5. The molecule has 8 heteroatoms. The fourth-order valence-corrected chi connectivity index (χ4v) is 2.57. The Balaban J connectivity index is 1.74. The van der Waals surface area contributed by atoms with Gasteiger partial charge in [-0.1, -0.05) is 6.92 Å². The quantitative estimate of drug-likeness (QED) is 0.887. The molecule has 0 saturated carbocycles. The Kier molecular flexibility index (Phi) is 5.01. The van der Waals surface area contributed by atoms with Crippen molar-refractivity contribution in [3.05, 3.63) is 47.9 Å². The van der Waals surface area contributed by atoms with E-state index in [9.17, 15) is 14.0 Å². The second-order valence-corrected chi connectivity index (χ2v) is 5.73. The van der Waals surface area contributed by atoms with E-state index in [1.807, 2.05) is 6.92 Å². The minimum absolute atomic E-state index is 0.135. The maximum atomic E-state index is 14.4. The first kappa shape index (κ1) is 17.7. The maximum absolute atomic E-state index is 14.4. The zero-order chi connectivity index (χ0) is 18.7. The molecule has 7 nitrogen and oxygen atoms in total. The maximum Gasteiger partial charge on any atom is 0.414 e. The first-order valence-corrected chi connectivity index (χ1v) is 8.11. The number of hydrogen-bond acceptors (Lipinski definition) is 5. The van der Waals surface area contributed by atoms with Gasteiger partial charge in [0.05, 0.1) is 36.8 Å². The smallest absolute Gasteiger partial charge is 0.414 e. The summed E-state index contributed by atoms with van der Waals surface area (Å²) >= 11 is 0. The number of carbonyl (C=O) groups is 2. The monoisotopic (exact) mass is 359 g/mol. The number of halogens is 1. The van der Waals surface area contributed by atoms with E-state index in [1.54, 1.807) is 12.1 Å². The summed E-state index contributed by atoms with van der Waals surface area (Å²) in [6.45, 7) is 2.27. The molecule has 0 spiro atoms. The fraction of sp³-hybridized carbons (Fsp3) is 0.278. The SMILES string of the molecule is CC[C@H]1CN(c2ccc(C(=O)Nc3ccc(OC)nc3)c(F)c2)C(=O)O1. The van der Waals surface area contributed by atoms with Crippen LogP contribution in [0.4, 0.5) is 20.6 Å². The summed E-state index contributed by atoms with van der Waals surface area (Å²) in [5.41, 5.74) is 0.628. The summed E-state index contributed by atoms with van der Waals surface area (Å²) < 4.78 is 24.5. The Morgan fingerprint density at radius 3 is 2.81 bits per heavy atom. The average Bonchev–Trinajstić information content (AvgIpc) is 3.03. The number of amides is 2. The summed E-state index contributed by atoms with van der Waals surface area (Å²) in [5, 5.41) is 2.56. The lowest BCUT2D eigenvalue weighted by Gasteiger charge is -2.14. The summed E-state index contributed by atoms with van der Waals surface area (Å²) in [4.78, 5) is 29.4. The lowest BCUT2D eigenvalue weighted by Crippen LogP contribution is -2.25. The minimum Gasteiger partial charge on any atom is -0.481 e. The molecule has 0 bridgehead atoms. The Morgan fingerprint density at radius 2 is 2.23 bits per heavy atom. The van der Waals surface area contributed by atoms with Crippen LogP contribution in [0, 0.1) is 5.82 Å². The van der Waals surface area contributed by atoms with Crippen LogP contribution in [-0.4, -0.2) is 36.7 Å². The molecule has 3 rings (SSSR count). The normalized spacial score (nSPS) is 16.3. The number of benzene rings is 1. The highest BCUT2D eigenvalue weighted by Crippen LogP contribution is 2.25. The molecule has 1 aromatic carbocycles. The summed E-state index contributed by atoms with van der Waals surface area (Å²) in [6.07, 6.45) is 1.36. The highest BCUT2D eigenvalue weighted by molar-refractivity contribution is 6.04. The zero-order valence-corrected chi connectivity index (χ0v) is 14.4. The molecule has 1 aliphatic rings. The number of cyclic esters (lactones) is 1. The zero-order valence-electron chi connectivity index (χ0n) is 14.4. The molecule has 2 aromatic rings. The van der Waals surface area contributed by atoms with Crippen molar-refractivity contribution in [3.63, 3.8) is 0 Å². The third-order valence-corrected chi connectivity index (χ3v) is 4.04. The number of hydrogen-bond donors (Lipinski definition) is 1. The molecular weight excluding hydrogens is 341 g/mol. The van der Waals surface area contributed by atoms with Gasteiger partial charge in [0, 0.05) is 6.07 Å². The van der Waals surface area contributed by atoms with Crippen LogP contribution in [0.25, 0.3) is 0 Å². The molecule has 136 valence electrons. The van der Waals surface area contributed by atoms with E-state index in [2.05, 4.69) is 10.3 Å². The topological polar surface area (TPSA) is 80.8 Å². The average molecular weight is 359 g/mol. The van der Waals surface area contributed by atoms with E-state index in [1.165, 1.54) is 30.3 Å². The Bertz CT molecular complexity index is 826. The lowest BCUT2D eigenvalue weighted by atomic mass is 10.1. The van der Waals surface area contributed by atoms with Crippen molar-refractivity contribution in [1.29, 1.82) is 0 Å².